The first-order chi connectivity index (χ1) is 59.3. The summed E-state index contributed by atoms with van der Waals surface area (Å²) in [4.78, 5) is 71.9. The van der Waals surface area contributed by atoms with Crippen LogP contribution in [0.2, 0.25) is 0 Å². The molecule has 4 aromatic heterocycles. The monoisotopic (exact) mass is 2090 g/mol. The Hall–Kier alpha value is -12.1. The zero-order chi connectivity index (χ0) is 93.7. The number of nitrogens with two attached hydrogens (primary N) is 2. The second-order valence-corrected chi connectivity index (χ2v) is 35.2. The molecule has 45 heteroatoms. The van der Waals surface area contributed by atoms with E-state index in [-0.39, 0.29) is 97.7 Å². The maximum atomic E-state index is 14.8. The van der Waals surface area contributed by atoms with Crippen LogP contribution in [0.3, 0.4) is 0 Å². The van der Waals surface area contributed by atoms with Crippen LogP contribution >= 0.6 is 43.5 Å². The minimum atomic E-state index is -3.80. The van der Waals surface area contributed by atoms with Gasteiger partial charge in [-0.3, -0.25) is 28.5 Å². The van der Waals surface area contributed by atoms with E-state index in [0.717, 1.165) is 87.8 Å². The molecule has 8 aromatic carbocycles. The summed E-state index contributed by atoms with van der Waals surface area (Å²) in [6, 6.07) is 34.8. The summed E-state index contributed by atoms with van der Waals surface area (Å²) in [5.74, 6) is -19.3. The van der Waals surface area contributed by atoms with Gasteiger partial charge >= 0.3 is 17.9 Å². The van der Waals surface area contributed by atoms with Crippen molar-refractivity contribution >= 4 is 169 Å². The van der Waals surface area contributed by atoms with Gasteiger partial charge in [0.1, 0.15) is 87.5 Å². The predicted molar refractivity (Wildman–Crippen MR) is 497 cm³/mol. The first-order valence-corrected chi connectivity index (χ1v) is 44.9. The summed E-state index contributed by atoms with van der Waals surface area (Å²) in [6.07, 6.45) is 7.76. The molecule has 0 aliphatic rings. The highest BCUT2D eigenvalue weighted by atomic mass is 79.9. The molecule has 0 aliphatic carbocycles. The maximum Gasteiger partial charge on any atom is 0.344 e. The van der Waals surface area contributed by atoms with Gasteiger partial charge in [-0.05, 0) is 171 Å². The first-order valence-electron chi connectivity index (χ1n) is 36.3. The fourth-order valence-corrected chi connectivity index (χ4v) is 15.7. The molecule has 12 rings (SSSR count). The van der Waals surface area contributed by atoms with Crippen molar-refractivity contribution in [2.75, 3.05) is 53.4 Å². The first kappa shape index (κ1) is 120. The van der Waals surface area contributed by atoms with E-state index in [4.69, 9.17) is 37.6 Å². The van der Waals surface area contributed by atoms with Gasteiger partial charge in [0.25, 0.3) is 5.24 Å². The number of benzene rings is 8. The summed E-state index contributed by atoms with van der Waals surface area (Å²) in [6.45, 7) is 6.32. The van der Waals surface area contributed by atoms with Crippen LogP contribution in [0.1, 0.15) is 166 Å². The highest BCUT2D eigenvalue weighted by molar-refractivity contribution is 9.10. The standard InChI is InChI=1S/C17H14BrF2N3O3S.C17H17F2NO4S.C14H11F2NO2.C10H10ClF2NO3S.C10H11F2NO4S.C7H5BrN2.C6H5F2N.6CH4/c1-2-5-27(25,26)23-13-4-3-12(19)14(15(13)20)16(24)11-8-22-17-10(11)6-9(18)7-21-17;1-2-10-25(22,23)20-14-9-8-13(18)15(16(14)19)17(21)24-11-12-6-4-3-5-7-12;15-10-6-7-11(17)13(16)12(10)14(18)19-8-9-4-2-1-3-5-9;1-2-5-18(16,17)14-7-4-3-6(12)8(9(7)13)10(11)15;1-2-5-18(16,17)13-7-4-3-6(11)8(9(7)12)10(14)15;8-6-3-5-1-2-9-7(5)10-4-6;7-4-1-2-6(9)5(8)3-4;;;;;;/h3-4,6-8,23H,2,5H2,1H3,(H,21,22);3-9,20H,2,10-11H2,1H3;1-7H,8,17H2;3-4,14H,2,5H2,1H3;3-4,13H,2,5H2,1H3,(H,14,15);1-4H,(H,9,10);1-3H,9H2;6*1H4. The van der Waals surface area contributed by atoms with Gasteiger partial charge in [-0.2, -0.15) is 0 Å². The molecular weight excluding hydrogens is 1990 g/mol. The molecule has 0 spiro atoms. The smallest absolute Gasteiger partial charge is 0.344 e. The van der Waals surface area contributed by atoms with Crippen LogP contribution < -0.4 is 30.4 Å². The van der Waals surface area contributed by atoms with Crippen molar-refractivity contribution in [1.29, 1.82) is 0 Å². The Morgan fingerprint density at radius 2 is 0.765 bits per heavy atom. The van der Waals surface area contributed by atoms with Crippen LogP contribution in [0, 0.1) is 69.8 Å². The van der Waals surface area contributed by atoms with Crippen LogP contribution in [0.25, 0.3) is 22.1 Å². The number of hydrogen-bond acceptors (Lipinski definition) is 19. The Labute approximate surface area is 778 Å². The van der Waals surface area contributed by atoms with E-state index in [1.165, 1.54) is 18.5 Å². The molecule has 11 N–H and O–H groups in total. The second-order valence-electron chi connectivity index (χ2n) is 25.7. The molecule has 720 valence electrons. The number of nitrogens with zero attached hydrogens (tertiary/aromatic N) is 2. The number of H-pyrrole nitrogens is 2. The van der Waals surface area contributed by atoms with E-state index >= 15 is 0 Å². The van der Waals surface area contributed by atoms with Gasteiger partial charge in [-0.1, -0.05) is 133 Å². The Bertz CT molecular complexity index is 6310. The summed E-state index contributed by atoms with van der Waals surface area (Å²) < 4.78 is 274. The van der Waals surface area contributed by atoms with Crippen molar-refractivity contribution in [3.8, 4) is 0 Å². The third-order valence-electron chi connectivity index (χ3n) is 16.0. The number of fused-ring (bicyclic) bond motifs is 2. The highest BCUT2D eigenvalue weighted by Crippen LogP contribution is 2.32. The number of carbonyl (C=O) groups excluding carboxylic acids is 4. The number of aromatic nitrogens is 4. The number of pyridine rings is 2. The van der Waals surface area contributed by atoms with Gasteiger partial charge in [-0.25, -0.2) is 111 Å². The molecule has 0 atom stereocenters. The summed E-state index contributed by atoms with van der Waals surface area (Å²) in [5, 5.41) is 8.80. The van der Waals surface area contributed by atoms with Crippen molar-refractivity contribution in [2.45, 2.75) is 111 Å². The number of ether oxygens (including phenoxy) is 2. The normalized spacial score (nSPS) is 10.5. The van der Waals surface area contributed by atoms with Gasteiger partial charge in [0.05, 0.1) is 62.7 Å². The number of rotatable bonds is 26. The SMILES string of the molecule is Brc1cnc2[nH]ccc2c1.C.C.C.C.C.C.CCCS(=O)(=O)Nc1ccc(F)c(C(=O)Cl)c1F.CCCS(=O)(=O)Nc1ccc(F)c(C(=O)O)c1F.CCCS(=O)(=O)Nc1ccc(F)c(C(=O)OCc2ccccc2)c1F.CCCS(=O)(=O)Nc1ccc(F)c(C(=O)c2c[nH]c3ncc(Br)cc23)c1F.Nc1ccc(F)c(C(=O)OCc2ccccc2)c1F.Nc1ccc(F)cc1F. The van der Waals surface area contributed by atoms with Crippen molar-refractivity contribution < 1.29 is 125 Å². The number of aromatic carboxylic acids is 1. The lowest BCUT2D eigenvalue weighted by Gasteiger charge is -2.12. The molecule has 132 heavy (non-hydrogen) atoms. The van der Waals surface area contributed by atoms with Crippen LogP contribution in [0.4, 0.5) is 86.8 Å². The third kappa shape index (κ3) is 35.5. The minimum Gasteiger partial charge on any atom is -0.477 e. The average Bonchev–Trinajstić information content (AvgIpc) is 1.61. The number of carboxylic acid groups (broad SMARTS) is 1. The Morgan fingerprint density at radius 1 is 0.417 bits per heavy atom. The van der Waals surface area contributed by atoms with Crippen LogP contribution in [0.15, 0.2) is 191 Å². The summed E-state index contributed by atoms with van der Waals surface area (Å²) in [7, 11) is -15.1. The van der Waals surface area contributed by atoms with E-state index in [1.54, 1.807) is 94.6 Å². The van der Waals surface area contributed by atoms with Crippen LogP contribution in [-0.4, -0.2) is 111 Å². The largest absolute Gasteiger partial charge is 0.477 e. The number of nitrogen functional groups attached to an aromatic ring is 2. The minimum absolute atomic E-state index is 0. The van der Waals surface area contributed by atoms with E-state index in [1.807, 2.05) is 38.6 Å². The van der Waals surface area contributed by atoms with Gasteiger partial charge in [0, 0.05) is 56.1 Å². The molecule has 12 aromatic rings. The van der Waals surface area contributed by atoms with Crippen molar-refractivity contribution in [1.82, 2.24) is 19.9 Å². The number of anilines is 6. The molecule has 0 amide bonds. The molecule has 0 saturated heterocycles. The quantitative estimate of drug-likeness (QED) is 0.00799. The topological polar surface area (TPSA) is 418 Å². The molecule has 0 radical (unpaired) electrons. The number of esters is 2. The molecule has 26 nitrogen and oxygen atoms in total. The lowest BCUT2D eigenvalue weighted by Crippen LogP contribution is -2.19. The van der Waals surface area contributed by atoms with Crippen molar-refractivity contribution in [2.24, 2.45) is 0 Å². The Balaban J connectivity index is 0.00000154. The molecule has 0 bridgehead atoms. The zero-order valence-electron chi connectivity index (χ0n) is 65.8. The van der Waals surface area contributed by atoms with Crippen molar-refractivity contribution in [3.63, 3.8) is 0 Å². The molecule has 4 heterocycles. The molecular formula is C87H97Br2ClF12N10O16S4. The number of carbonyl (C=O) groups is 5. The third-order valence-corrected chi connectivity index (χ3v) is 22.9. The lowest BCUT2D eigenvalue weighted by atomic mass is 10.0. The Morgan fingerprint density at radius 3 is 1.16 bits per heavy atom. The molecule has 0 saturated carbocycles. The number of sulfonamides is 4. The number of aromatic amines is 2. The molecule has 0 fully saturated rings. The maximum absolute atomic E-state index is 14.8. The highest BCUT2D eigenvalue weighted by Gasteiger charge is 2.30. The second kappa shape index (κ2) is 55.3. The van der Waals surface area contributed by atoms with E-state index in [9.17, 15) is 110 Å². The van der Waals surface area contributed by atoms with Crippen LogP contribution in [0.5, 0.6) is 0 Å². The fourth-order valence-electron chi connectivity index (χ4n) is 10.3. The average molecular weight is 2090 g/mol. The fraction of sp³-hybridized carbons (Fsp3) is 0.230. The zero-order valence-corrected chi connectivity index (χ0v) is 73.0. The lowest BCUT2D eigenvalue weighted by molar-refractivity contribution is 0.0452. The van der Waals surface area contributed by atoms with Gasteiger partial charge in [-0.15, -0.1) is 0 Å². The number of nitrogens with one attached hydrogen (secondary N) is 6. The summed E-state index contributed by atoms with van der Waals surface area (Å²) >= 11 is 11.6. The number of hydrogen-bond donors (Lipinski definition) is 9. The number of carboxylic acids is 1. The molecule has 0 unspecified atom stereocenters. The van der Waals surface area contributed by atoms with Crippen LogP contribution in [-0.2, 0) is 62.8 Å². The number of halogens is 15. The predicted octanol–water partition coefficient (Wildman–Crippen LogP) is 22.4. The summed E-state index contributed by atoms with van der Waals surface area (Å²) in [5.41, 5.74) is 5.93. The Kier molecular flexibility index (Phi) is 50.2. The van der Waals surface area contributed by atoms with Gasteiger partial charge < -0.3 is 36.0 Å². The number of ketones is 1. The van der Waals surface area contributed by atoms with E-state index < -0.39 is 189 Å². The molecule has 0 aliphatic heterocycles. The van der Waals surface area contributed by atoms with Crippen molar-refractivity contribution in [3.05, 3.63) is 306 Å². The van der Waals surface area contributed by atoms with E-state index in [2.05, 4.69) is 56.5 Å². The van der Waals surface area contributed by atoms with Gasteiger partial charge in [0.2, 0.25) is 45.9 Å². The van der Waals surface area contributed by atoms with Gasteiger partial charge in [0.15, 0.2) is 29.1 Å². The van der Waals surface area contributed by atoms with E-state index in [0.29, 0.717) is 52.8 Å².